The van der Waals surface area contributed by atoms with Gasteiger partial charge in [0.1, 0.15) is 35.2 Å². The lowest BCUT2D eigenvalue weighted by atomic mass is 10.1. The maximum absolute atomic E-state index is 11.7. The molecule has 0 amide bonds. The van der Waals surface area contributed by atoms with Gasteiger partial charge in [0, 0.05) is 23.6 Å². The highest BCUT2D eigenvalue weighted by Gasteiger charge is 2.28. The fraction of sp³-hybridized carbons (Fsp3) is 0.333. The zero-order chi connectivity index (χ0) is 25.2. The van der Waals surface area contributed by atoms with Crippen LogP contribution in [-0.2, 0) is 14.6 Å². The van der Waals surface area contributed by atoms with E-state index in [1.165, 1.54) is 18.3 Å². The first-order valence-electron chi connectivity index (χ1n) is 11.0. The molecule has 10 nitrogen and oxygen atoms in total. The van der Waals surface area contributed by atoms with Crippen LogP contribution in [-0.4, -0.2) is 72.2 Å². The van der Waals surface area contributed by atoms with Gasteiger partial charge in [0.15, 0.2) is 14.9 Å². The Morgan fingerprint density at radius 1 is 1.09 bits per heavy atom. The minimum absolute atomic E-state index is 0.0480. The summed E-state index contributed by atoms with van der Waals surface area (Å²) in [5, 5.41) is 18.8. The highest BCUT2D eigenvalue weighted by molar-refractivity contribution is 7.90. The average molecular weight is 502 g/mol. The number of sulfone groups is 1. The fourth-order valence-electron chi connectivity index (χ4n) is 3.46. The molecule has 2 aromatic heterocycles. The van der Waals surface area contributed by atoms with Gasteiger partial charge >= 0.3 is 0 Å². The number of aliphatic hydroxyl groups is 2. The molecule has 0 spiro atoms. The van der Waals surface area contributed by atoms with Crippen molar-refractivity contribution in [3.05, 3.63) is 54.4 Å². The van der Waals surface area contributed by atoms with E-state index >= 15 is 0 Å². The van der Waals surface area contributed by atoms with E-state index in [2.05, 4.69) is 15.0 Å². The number of hydrogen-bond acceptors (Lipinski definition) is 9. The molecule has 35 heavy (non-hydrogen) atoms. The molecular weight excluding hydrogens is 474 g/mol. The maximum atomic E-state index is 11.7. The Hall–Kier alpha value is -3.41. The van der Waals surface area contributed by atoms with Gasteiger partial charge in [-0.1, -0.05) is 0 Å². The van der Waals surface area contributed by atoms with Crippen molar-refractivity contribution in [1.82, 2.24) is 9.97 Å². The van der Waals surface area contributed by atoms with Crippen molar-refractivity contribution in [3.63, 3.8) is 0 Å². The average Bonchev–Trinajstić information content (AvgIpc) is 3.45. The largest absolute Gasteiger partial charge is 0.488 e. The third kappa shape index (κ3) is 5.81. The first-order chi connectivity index (χ1) is 16.7. The molecule has 0 fully saturated rings. The van der Waals surface area contributed by atoms with Crippen LogP contribution in [0.1, 0.15) is 19.5 Å². The number of aliphatic hydroxyl groups excluding tert-OH is 2. The highest BCUT2D eigenvalue weighted by atomic mass is 32.2. The number of aromatic nitrogens is 2. The predicted molar refractivity (Wildman–Crippen MR) is 129 cm³/mol. The molecule has 3 heterocycles. The molecule has 1 aromatic carbocycles. The van der Waals surface area contributed by atoms with E-state index in [1.807, 2.05) is 19.1 Å². The standard InChI is InChI=1S/C24H27N3O7S/c1-14(12-28)32-18-8-16(20-5-6-21(27-20)24-26-15(2)22(13-29)34-24)9-19(10-18)33-17-4-7-23(25-11-17)35(3,30)31/h4-11,14-15,22,27-29H,12-13H2,1-3H3/t14-,15+,22-/m0/s1. The number of rotatable bonds is 9. The highest BCUT2D eigenvalue weighted by Crippen LogP contribution is 2.33. The summed E-state index contributed by atoms with van der Waals surface area (Å²) < 4.78 is 40.8. The molecule has 3 aromatic rings. The first kappa shape index (κ1) is 24.7. The van der Waals surface area contributed by atoms with Gasteiger partial charge in [-0.05, 0) is 50.2 Å². The molecule has 11 heteroatoms. The maximum Gasteiger partial charge on any atom is 0.233 e. The van der Waals surface area contributed by atoms with E-state index in [0.717, 1.165) is 17.5 Å². The van der Waals surface area contributed by atoms with Crippen LogP contribution in [0.15, 0.2) is 58.7 Å². The third-order valence-electron chi connectivity index (χ3n) is 5.33. The lowest BCUT2D eigenvalue weighted by Crippen LogP contribution is -2.24. The molecular formula is C24H27N3O7S. The molecule has 0 saturated carbocycles. The Kier molecular flexibility index (Phi) is 7.10. The lowest BCUT2D eigenvalue weighted by molar-refractivity contribution is 0.111. The summed E-state index contributed by atoms with van der Waals surface area (Å²) >= 11 is 0. The molecule has 0 unspecified atom stereocenters. The molecule has 4 rings (SSSR count). The van der Waals surface area contributed by atoms with E-state index in [1.54, 1.807) is 25.1 Å². The molecule has 186 valence electrons. The normalized spacial score (nSPS) is 18.6. The number of nitrogens with zero attached hydrogens (tertiary/aromatic N) is 2. The third-order valence-corrected chi connectivity index (χ3v) is 6.33. The van der Waals surface area contributed by atoms with Gasteiger partial charge < -0.3 is 29.4 Å². The van der Waals surface area contributed by atoms with Crippen molar-refractivity contribution in [2.24, 2.45) is 4.99 Å². The number of pyridine rings is 1. The van der Waals surface area contributed by atoms with E-state index < -0.39 is 15.9 Å². The fourth-order valence-corrected chi connectivity index (χ4v) is 4.02. The van der Waals surface area contributed by atoms with Crippen LogP contribution in [0.25, 0.3) is 11.3 Å². The molecule has 0 radical (unpaired) electrons. The number of H-pyrrole nitrogens is 1. The number of ether oxygens (including phenoxy) is 3. The number of nitrogens with one attached hydrogen (secondary N) is 1. The molecule has 3 atom stereocenters. The molecule has 1 aliphatic heterocycles. The minimum atomic E-state index is -3.42. The van der Waals surface area contributed by atoms with Crippen LogP contribution in [0.3, 0.4) is 0 Å². The van der Waals surface area contributed by atoms with Crippen LogP contribution < -0.4 is 9.47 Å². The Labute approximate surface area is 203 Å². The topological polar surface area (TPSA) is 143 Å². The molecule has 0 saturated heterocycles. The second-order valence-corrected chi connectivity index (χ2v) is 10.3. The summed E-state index contributed by atoms with van der Waals surface area (Å²) in [7, 11) is -3.42. The second-order valence-electron chi connectivity index (χ2n) is 8.31. The summed E-state index contributed by atoms with van der Waals surface area (Å²) in [5.74, 6) is 1.67. The Balaban J connectivity index is 1.63. The van der Waals surface area contributed by atoms with Gasteiger partial charge in [0.2, 0.25) is 5.90 Å². The Bertz CT molecular complexity index is 1320. The zero-order valence-electron chi connectivity index (χ0n) is 19.5. The molecule has 3 N–H and O–H groups in total. The zero-order valence-corrected chi connectivity index (χ0v) is 20.3. The van der Waals surface area contributed by atoms with Crippen molar-refractivity contribution >= 4 is 15.7 Å². The van der Waals surface area contributed by atoms with Gasteiger partial charge in [0.05, 0.1) is 25.5 Å². The number of aromatic amines is 1. The molecule has 0 bridgehead atoms. The van der Waals surface area contributed by atoms with Crippen molar-refractivity contribution in [2.45, 2.75) is 37.1 Å². The number of benzene rings is 1. The van der Waals surface area contributed by atoms with Gasteiger partial charge in [0.25, 0.3) is 0 Å². The smallest absolute Gasteiger partial charge is 0.233 e. The van der Waals surface area contributed by atoms with E-state index in [4.69, 9.17) is 14.2 Å². The molecule has 0 aliphatic carbocycles. The summed E-state index contributed by atoms with van der Waals surface area (Å²) in [6.45, 7) is 3.33. The van der Waals surface area contributed by atoms with E-state index in [-0.39, 0.29) is 30.4 Å². The Morgan fingerprint density at radius 3 is 2.46 bits per heavy atom. The van der Waals surface area contributed by atoms with Crippen LogP contribution >= 0.6 is 0 Å². The lowest BCUT2D eigenvalue weighted by Gasteiger charge is -2.15. The van der Waals surface area contributed by atoms with Crippen LogP contribution in [0.4, 0.5) is 0 Å². The monoisotopic (exact) mass is 501 g/mol. The van der Waals surface area contributed by atoms with Crippen LogP contribution in [0.2, 0.25) is 0 Å². The Morgan fingerprint density at radius 2 is 1.83 bits per heavy atom. The van der Waals surface area contributed by atoms with Crippen molar-refractivity contribution < 1.29 is 32.8 Å². The van der Waals surface area contributed by atoms with Crippen LogP contribution in [0, 0.1) is 0 Å². The SMILES string of the molecule is C[C@@H](CO)Oc1cc(Oc2ccc(S(C)(=O)=O)nc2)cc(-c2ccc(C3=N[C@H](C)[C@H](CO)O3)[nH]2)c1. The summed E-state index contributed by atoms with van der Waals surface area (Å²) in [4.78, 5) is 11.7. The van der Waals surface area contributed by atoms with Gasteiger partial charge in [-0.25, -0.2) is 18.4 Å². The minimum Gasteiger partial charge on any atom is -0.488 e. The quantitative estimate of drug-likeness (QED) is 0.406. The second kappa shape index (κ2) is 10.1. The number of aliphatic imine (C=N–C) groups is 1. The van der Waals surface area contributed by atoms with Gasteiger partial charge in [-0.3, -0.25) is 0 Å². The summed E-state index contributed by atoms with van der Waals surface area (Å²) in [5.41, 5.74) is 2.14. The van der Waals surface area contributed by atoms with Crippen molar-refractivity contribution in [1.29, 1.82) is 0 Å². The summed E-state index contributed by atoms with van der Waals surface area (Å²) in [6, 6.07) is 11.7. The van der Waals surface area contributed by atoms with Crippen LogP contribution in [0.5, 0.6) is 17.2 Å². The molecule has 1 aliphatic rings. The van der Waals surface area contributed by atoms with E-state index in [0.29, 0.717) is 28.8 Å². The van der Waals surface area contributed by atoms with E-state index in [9.17, 15) is 18.6 Å². The van der Waals surface area contributed by atoms with Crippen molar-refractivity contribution in [3.8, 4) is 28.5 Å². The predicted octanol–water partition coefficient (Wildman–Crippen LogP) is 2.56. The first-order valence-corrected chi connectivity index (χ1v) is 12.9. The number of hydrogen-bond donors (Lipinski definition) is 3. The van der Waals surface area contributed by atoms with Gasteiger partial charge in [-0.15, -0.1) is 0 Å². The van der Waals surface area contributed by atoms with Gasteiger partial charge in [-0.2, -0.15) is 0 Å². The summed E-state index contributed by atoms with van der Waals surface area (Å²) in [6.07, 6.45) is 1.60. The van der Waals surface area contributed by atoms with Crippen molar-refractivity contribution in [2.75, 3.05) is 19.5 Å².